The minimum atomic E-state index is -0.203. The van der Waals surface area contributed by atoms with Crippen LogP contribution in [-0.2, 0) is 26.1 Å². The van der Waals surface area contributed by atoms with Gasteiger partial charge < -0.3 is 4.90 Å². The summed E-state index contributed by atoms with van der Waals surface area (Å²) in [6.07, 6.45) is 0.706. The topological polar surface area (TPSA) is 60.1 Å². The van der Waals surface area contributed by atoms with Gasteiger partial charge in [-0.2, -0.15) is 0 Å². The number of carbonyl (C=O) groups excluding carboxylic acids is 1. The summed E-state index contributed by atoms with van der Waals surface area (Å²) >= 11 is 0. The first-order chi connectivity index (χ1) is 13.5. The van der Waals surface area contributed by atoms with Crippen molar-refractivity contribution in [2.75, 3.05) is 6.54 Å². The molecule has 6 heteroatoms. The number of carbonyl (C=O) groups is 1. The van der Waals surface area contributed by atoms with Crippen molar-refractivity contribution in [2.24, 2.45) is 0 Å². The maximum Gasteiger partial charge on any atom is 0.346 e. The van der Waals surface area contributed by atoms with Crippen molar-refractivity contribution in [1.29, 1.82) is 0 Å². The third kappa shape index (κ3) is 3.50. The van der Waals surface area contributed by atoms with Gasteiger partial charge in [-0.3, -0.25) is 9.36 Å². The number of aryl methyl sites for hydroxylation is 4. The summed E-state index contributed by atoms with van der Waals surface area (Å²) in [7, 11) is 0. The summed E-state index contributed by atoms with van der Waals surface area (Å²) in [5, 5.41) is 4.35. The summed E-state index contributed by atoms with van der Waals surface area (Å²) < 4.78 is 2.93. The van der Waals surface area contributed by atoms with Gasteiger partial charge in [0.15, 0.2) is 0 Å². The first kappa shape index (κ1) is 18.2. The van der Waals surface area contributed by atoms with Crippen molar-refractivity contribution in [1.82, 2.24) is 19.2 Å². The molecule has 6 nitrogen and oxygen atoms in total. The van der Waals surface area contributed by atoms with Crippen LogP contribution in [0, 0.1) is 13.8 Å². The van der Waals surface area contributed by atoms with Crippen LogP contribution in [0.3, 0.4) is 0 Å². The number of nitrogens with zero attached hydrogens (tertiary/aromatic N) is 4. The second-order valence-corrected chi connectivity index (χ2v) is 7.37. The van der Waals surface area contributed by atoms with Gasteiger partial charge in [0.05, 0.1) is 6.54 Å². The molecule has 0 aliphatic carbocycles. The van der Waals surface area contributed by atoms with Crippen LogP contribution < -0.4 is 5.69 Å². The molecule has 3 aromatic rings. The molecule has 1 aliphatic rings. The fourth-order valence-electron chi connectivity index (χ4n) is 3.62. The number of hydrogen-bond donors (Lipinski definition) is 0. The highest BCUT2D eigenvalue weighted by atomic mass is 16.2. The Morgan fingerprint density at radius 3 is 2.57 bits per heavy atom. The first-order valence-electron chi connectivity index (χ1n) is 9.60. The largest absolute Gasteiger partial charge is 0.346 e. The lowest BCUT2D eigenvalue weighted by atomic mass is 10.0. The summed E-state index contributed by atoms with van der Waals surface area (Å²) in [4.78, 5) is 27.4. The van der Waals surface area contributed by atoms with Crippen molar-refractivity contribution in [3.05, 3.63) is 87.1 Å². The van der Waals surface area contributed by atoms with Crippen LogP contribution >= 0.6 is 0 Å². The van der Waals surface area contributed by atoms with Gasteiger partial charge in [-0.1, -0.05) is 54.1 Å². The average Bonchev–Trinajstić information content (AvgIpc) is 3.02. The Hall–Kier alpha value is -3.15. The predicted octanol–water partition coefficient (Wildman–Crippen LogP) is 2.56. The molecule has 0 fully saturated rings. The molecule has 28 heavy (non-hydrogen) atoms. The van der Waals surface area contributed by atoms with E-state index in [0.717, 1.165) is 16.7 Å². The molecule has 0 bridgehead atoms. The lowest BCUT2D eigenvalue weighted by Crippen LogP contribution is -2.42. The van der Waals surface area contributed by atoms with Gasteiger partial charge in [-0.15, -0.1) is 5.10 Å². The number of rotatable bonds is 5. The van der Waals surface area contributed by atoms with Crippen LogP contribution in [0.4, 0.5) is 0 Å². The van der Waals surface area contributed by atoms with E-state index >= 15 is 0 Å². The summed E-state index contributed by atoms with van der Waals surface area (Å²) in [6.45, 7) is 6.11. The number of fused-ring (bicyclic) bond motifs is 1. The molecular formula is C22H24N4O2. The zero-order valence-corrected chi connectivity index (χ0v) is 16.3. The van der Waals surface area contributed by atoms with Crippen LogP contribution in [0.5, 0.6) is 0 Å². The maximum atomic E-state index is 12.9. The van der Waals surface area contributed by atoms with E-state index in [9.17, 15) is 9.59 Å². The fraction of sp³-hybridized carbons (Fsp3) is 0.318. The minimum Gasteiger partial charge on any atom is -0.330 e. The molecule has 0 unspecified atom stereocenters. The Morgan fingerprint density at radius 2 is 1.79 bits per heavy atom. The van der Waals surface area contributed by atoms with E-state index < -0.39 is 0 Å². The highest BCUT2D eigenvalue weighted by Crippen LogP contribution is 2.17. The van der Waals surface area contributed by atoms with E-state index in [1.54, 1.807) is 4.90 Å². The van der Waals surface area contributed by atoms with E-state index in [4.69, 9.17) is 0 Å². The molecular weight excluding hydrogens is 352 g/mol. The molecule has 2 aromatic carbocycles. The van der Waals surface area contributed by atoms with Crippen molar-refractivity contribution in [2.45, 2.75) is 39.9 Å². The van der Waals surface area contributed by atoms with E-state index in [2.05, 4.69) is 30.2 Å². The van der Waals surface area contributed by atoms with Crippen molar-refractivity contribution in [3.63, 3.8) is 0 Å². The molecule has 0 N–H and O–H groups in total. The highest BCUT2D eigenvalue weighted by Gasteiger charge is 2.29. The standard InChI is InChI=1S/C22H24N4O2/c1-16-8-9-17(2)19(14-16)15-24-12-13-25-20(21(24)27)23-26(22(25)28)11-10-18-6-4-3-5-7-18/h3-9,14H,10-13,15H2,1-2H3. The number of hydrogen-bond acceptors (Lipinski definition) is 3. The molecule has 144 valence electrons. The van der Waals surface area contributed by atoms with Gasteiger partial charge >= 0.3 is 5.69 Å². The smallest absolute Gasteiger partial charge is 0.330 e. The zero-order chi connectivity index (χ0) is 19.7. The molecule has 1 aliphatic heterocycles. The summed E-state index contributed by atoms with van der Waals surface area (Å²) in [5.41, 5.74) is 4.41. The van der Waals surface area contributed by atoms with Gasteiger partial charge in [-0.05, 0) is 37.0 Å². The van der Waals surface area contributed by atoms with Gasteiger partial charge in [0.25, 0.3) is 5.91 Å². The van der Waals surface area contributed by atoms with Crippen molar-refractivity contribution >= 4 is 5.91 Å². The molecule has 0 saturated carbocycles. The van der Waals surface area contributed by atoms with Gasteiger partial charge in [0.2, 0.25) is 5.82 Å². The minimum absolute atomic E-state index is 0.178. The van der Waals surface area contributed by atoms with Crippen molar-refractivity contribution < 1.29 is 4.79 Å². The van der Waals surface area contributed by atoms with E-state index in [1.807, 2.05) is 37.3 Å². The fourth-order valence-corrected chi connectivity index (χ4v) is 3.62. The Bertz CT molecular complexity index is 1070. The van der Waals surface area contributed by atoms with Crippen LogP contribution in [-0.4, -0.2) is 31.7 Å². The van der Waals surface area contributed by atoms with Crippen LogP contribution in [0.15, 0.2) is 53.3 Å². The summed E-state index contributed by atoms with van der Waals surface area (Å²) in [5.74, 6) is 0.0670. The maximum absolute atomic E-state index is 12.9. The average molecular weight is 376 g/mol. The Kier molecular flexibility index (Phi) is 4.86. The Balaban J connectivity index is 1.53. The van der Waals surface area contributed by atoms with Crippen LogP contribution in [0.2, 0.25) is 0 Å². The van der Waals surface area contributed by atoms with Crippen LogP contribution in [0.25, 0.3) is 0 Å². The van der Waals surface area contributed by atoms with E-state index in [-0.39, 0.29) is 17.4 Å². The molecule has 0 radical (unpaired) electrons. The lowest BCUT2D eigenvalue weighted by molar-refractivity contribution is 0.0681. The highest BCUT2D eigenvalue weighted by molar-refractivity contribution is 5.91. The Morgan fingerprint density at radius 1 is 1.00 bits per heavy atom. The monoisotopic (exact) mass is 376 g/mol. The molecule has 1 amide bonds. The second-order valence-electron chi connectivity index (χ2n) is 7.37. The molecule has 4 rings (SSSR count). The number of amides is 1. The number of benzene rings is 2. The zero-order valence-electron chi connectivity index (χ0n) is 16.3. The van der Waals surface area contributed by atoms with Crippen molar-refractivity contribution in [3.8, 4) is 0 Å². The lowest BCUT2D eigenvalue weighted by Gasteiger charge is -2.27. The second kappa shape index (κ2) is 7.46. The third-order valence-electron chi connectivity index (χ3n) is 5.32. The molecule has 0 saturated heterocycles. The van der Waals surface area contributed by atoms with Gasteiger partial charge in [0.1, 0.15) is 0 Å². The molecule has 0 spiro atoms. The van der Waals surface area contributed by atoms with E-state index in [1.165, 1.54) is 14.8 Å². The SMILES string of the molecule is Cc1ccc(C)c(CN2CCn3c(nn(CCc4ccccc4)c3=O)C2=O)c1. The van der Waals surface area contributed by atoms with Crippen LogP contribution in [0.1, 0.15) is 32.9 Å². The quantitative estimate of drug-likeness (QED) is 0.688. The first-order valence-corrected chi connectivity index (χ1v) is 9.60. The normalized spacial score (nSPS) is 13.6. The predicted molar refractivity (Wildman–Crippen MR) is 107 cm³/mol. The van der Waals surface area contributed by atoms with Gasteiger partial charge in [-0.25, -0.2) is 9.48 Å². The molecule has 2 heterocycles. The number of aromatic nitrogens is 3. The Labute approximate surface area is 164 Å². The van der Waals surface area contributed by atoms with E-state index in [0.29, 0.717) is 32.6 Å². The molecule has 0 atom stereocenters. The molecule has 1 aromatic heterocycles. The third-order valence-corrected chi connectivity index (χ3v) is 5.32. The van der Waals surface area contributed by atoms with Gasteiger partial charge in [0, 0.05) is 19.6 Å². The summed E-state index contributed by atoms with van der Waals surface area (Å²) in [6, 6.07) is 16.2.